The third kappa shape index (κ3) is 8.18. The topological polar surface area (TPSA) is 89.5 Å². The largest absolute Gasteiger partial charge is 0.490 e. The highest BCUT2D eigenvalue weighted by molar-refractivity contribution is 6.99. The average molecular weight is 843 g/mol. The second-order valence-electron chi connectivity index (χ2n) is 15.6. The smallest absolute Gasteiger partial charge is 0.350 e. The molecule has 0 saturated carbocycles. The molecule has 60 heavy (non-hydrogen) atoms. The van der Waals surface area contributed by atoms with Crippen molar-refractivity contribution in [2.45, 2.75) is 59.4 Å². The predicted octanol–water partition coefficient (Wildman–Crippen LogP) is 8.86. The van der Waals surface area contributed by atoms with Crippen molar-refractivity contribution in [1.29, 1.82) is 0 Å². The second-order valence-corrected chi connectivity index (χ2v) is 20.3. The van der Waals surface area contributed by atoms with Crippen LogP contribution in [0.1, 0.15) is 51.6 Å². The number of rotatable bonds is 15. The Morgan fingerprint density at radius 3 is 2.05 bits per heavy atom. The van der Waals surface area contributed by atoms with Crippen LogP contribution in [0.5, 0.6) is 5.75 Å². The van der Waals surface area contributed by atoms with Gasteiger partial charge in [-0.3, -0.25) is 13.9 Å². The molecular weight excluding hydrogens is 795 g/mol. The third-order valence-corrected chi connectivity index (χ3v) is 16.1. The summed E-state index contributed by atoms with van der Waals surface area (Å²) in [6.45, 7) is 15.6. The van der Waals surface area contributed by atoms with Gasteiger partial charge in [0.1, 0.15) is 35.5 Å². The van der Waals surface area contributed by atoms with E-state index in [4.69, 9.17) is 25.5 Å². The summed E-state index contributed by atoms with van der Waals surface area (Å²) in [6.07, 6.45) is 1.63. The summed E-state index contributed by atoms with van der Waals surface area (Å²) in [5.74, 6) is -0.0893. The van der Waals surface area contributed by atoms with E-state index in [2.05, 4.69) is 56.7 Å². The average Bonchev–Trinajstić information content (AvgIpc) is 3.56. The molecule has 0 aliphatic rings. The number of nitrogens with zero attached hydrogens (tertiary/aromatic N) is 4. The summed E-state index contributed by atoms with van der Waals surface area (Å²) in [4.78, 5) is 27.8. The number of allylic oxidation sites excluding steroid dienone is 1. The second kappa shape index (κ2) is 17.8. The van der Waals surface area contributed by atoms with Crippen molar-refractivity contribution in [1.82, 2.24) is 18.9 Å². The summed E-state index contributed by atoms with van der Waals surface area (Å²) in [5, 5.41) is 7.27. The number of pyridine rings is 1. The first kappa shape index (κ1) is 42.3. The highest BCUT2D eigenvalue weighted by Crippen LogP contribution is 2.37. The molecule has 0 unspecified atom stereocenters. The Bertz CT molecular complexity index is 2730. The standard InChI is InChI=1S/C48H48ClFN4O5Si/c1-7-52-44(32-57-31-34-18-11-8-12-19-34)51-54(47(52)56)42-29-37-38(28-40(42)50)46(55)53(30-39(37)33(2)3)41-24-17-25-43(45(41)49)58-26-27-59-60(48(4,5)6,35-20-13-9-14-21-35)36-22-15-10-16-23-36/h8-25,28-30H,2,7,26-27,31-32H2,1,3-6H3. The first-order valence-electron chi connectivity index (χ1n) is 19.9. The molecule has 308 valence electrons. The van der Waals surface area contributed by atoms with E-state index in [0.29, 0.717) is 46.9 Å². The lowest BCUT2D eigenvalue weighted by molar-refractivity contribution is 0.0989. The van der Waals surface area contributed by atoms with Crippen molar-refractivity contribution in [2.75, 3.05) is 13.2 Å². The highest BCUT2D eigenvalue weighted by atomic mass is 35.5. The van der Waals surface area contributed by atoms with Crippen LogP contribution in [-0.4, -0.2) is 40.4 Å². The van der Waals surface area contributed by atoms with Gasteiger partial charge in [-0.15, -0.1) is 5.10 Å². The molecule has 9 nitrogen and oxygen atoms in total. The normalized spacial score (nSPS) is 11.9. The van der Waals surface area contributed by atoms with E-state index < -0.39 is 25.4 Å². The van der Waals surface area contributed by atoms with Crippen LogP contribution in [0, 0.1) is 5.82 Å². The summed E-state index contributed by atoms with van der Waals surface area (Å²) in [6, 6.07) is 38.2. The molecule has 0 bridgehead atoms. The first-order valence-corrected chi connectivity index (χ1v) is 22.2. The number of hydrogen-bond acceptors (Lipinski definition) is 6. The van der Waals surface area contributed by atoms with Crippen LogP contribution in [0.15, 0.2) is 144 Å². The number of ether oxygens (including phenoxy) is 2. The van der Waals surface area contributed by atoms with Gasteiger partial charge in [-0.2, -0.15) is 4.68 Å². The van der Waals surface area contributed by atoms with Gasteiger partial charge in [0.2, 0.25) is 0 Å². The van der Waals surface area contributed by atoms with Crippen molar-refractivity contribution in [3.05, 3.63) is 183 Å². The quantitative estimate of drug-likeness (QED) is 0.0758. The number of benzene rings is 5. The van der Waals surface area contributed by atoms with E-state index in [-0.39, 0.29) is 41.0 Å². The molecule has 2 heterocycles. The molecule has 0 aliphatic heterocycles. The number of hydrogen-bond donors (Lipinski definition) is 0. The van der Waals surface area contributed by atoms with Crippen molar-refractivity contribution in [2.24, 2.45) is 0 Å². The minimum atomic E-state index is -2.80. The molecular formula is C48H48ClFN4O5Si. The Morgan fingerprint density at radius 2 is 1.45 bits per heavy atom. The summed E-state index contributed by atoms with van der Waals surface area (Å²) < 4.78 is 39.1. The molecule has 0 aliphatic carbocycles. The maximum absolute atomic E-state index is 16.2. The zero-order valence-corrected chi connectivity index (χ0v) is 36.2. The van der Waals surface area contributed by atoms with Crippen molar-refractivity contribution >= 4 is 46.6 Å². The minimum absolute atomic E-state index is 0.0409. The molecule has 5 aromatic carbocycles. The van der Waals surface area contributed by atoms with E-state index in [1.807, 2.05) is 73.7 Å². The van der Waals surface area contributed by atoms with Gasteiger partial charge in [-0.1, -0.05) is 136 Å². The SMILES string of the molecule is C=C(C)c1cn(-c2cccc(OCCO[Si](c3ccccc3)(c3ccccc3)C(C)(C)C)c2Cl)c(=O)c2cc(F)c(-n3nc(COCc4ccccc4)n(CC)c3=O)cc12. The fourth-order valence-electron chi connectivity index (χ4n) is 7.79. The lowest BCUT2D eigenvalue weighted by Crippen LogP contribution is -2.66. The van der Waals surface area contributed by atoms with Gasteiger partial charge in [0.05, 0.1) is 24.3 Å². The lowest BCUT2D eigenvalue weighted by Gasteiger charge is -2.43. The molecule has 0 radical (unpaired) electrons. The Morgan fingerprint density at radius 1 is 0.817 bits per heavy atom. The molecule has 0 fully saturated rings. The first-order chi connectivity index (χ1) is 28.9. The Hall–Kier alpha value is -5.85. The minimum Gasteiger partial charge on any atom is -0.490 e. The van der Waals surface area contributed by atoms with Gasteiger partial charge in [-0.25, -0.2) is 9.18 Å². The third-order valence-electron chi connectivity index (χ3n) is 10.6. The Balaban J connectivity index is 1.18. The lowest BCUT2D eigenvalue weighted by atomic mass is 10.0. The van der Waals surface area contributed by atoms with Crippen LogP contribution in [0.25, 0.3) is 27.7 Å². The highest BCUT2D eigenvalue weighted by Gasteiger charge is 2.50. The summed E-state index contributed by atoms with van der Waals surface area (Å²) in [5.41, 5.74) is 1.34. The molecule has 0 spiro atoms. The molecule has 12 heteroatoms. The zero-order valence-electron chi connectivity index (χ0n) is 34.5. The fraction of sp³-hybridized carbons (Fsp3) is 0.229. The monoisotopic (exact) mass is 842 g/mol. The molecule has 7 rings (SSSR count). The zero-order chi connectivity index (χ0) is 42.6. The molecule has 0 amide bonds. The number of aromatic nitrogens is 4. The maximum atomic E-state index is 16.2. The van der Waals surface area contributed by atoms with Gasteiger partial charge < -0.3 is 13.9 Å². The van der Waals surface area contributed by atoms with E-state index >= 15 is 4.39 Å². The Kier molecular flexibility index (Phi) is 12.5. The van der Waals surface area contributed by atoms with E-state index in [1.54, 1.807) is 31.3 Å². The summed E-state index contributed by atoms with van der Waals surface area (Å²) in [7, 11) is -2.80. The fourth-order valence-corrected chi connectivity index (χ4v) is 12.6. The number of fused-ring (bicyclic) bond motifs is 1. The van der Waals surface area contributed by atoms with Crippen molar-refractivity contribution in [3.63, 3.8) is 0 Å². The molecule has 2 aromatic heterocycles. The molecule has 0 saturated heterocycles. The number of halogens is 2. The van der Waals surface area contributed by atoms with Crippen molar-refractivity contribution < 1.29 is 18.3 Å². The van der Waals surface area contributed by atoms with Gasteiger partial charge in [0.15, 0.2) is 5.82 Å². The molecule has 0 atom stereocenters. The van der Waals surface area contributed by atoms with Gasteiger partial charge >= 0.3 is 5.69 Å². The van der Waals surface area contributed by atoms with Crippen LogP contribution in [-0.2, 0) is 28.9 Å². The van der Waals surface area contributed by atoms with Crippen LogP contribution >= 0.6 is 11.6 Å². The molecule has 7 aromatic rings. The van der Waals surface area contributed by atoms with E-state index in [0.717, 1.165) is 26.7 Å². The molecule has 0 N–H and O–H groups in total. The van der Waals surface area contributed by atoms with E-state index in [1.165, 1.54) is 15.2 Å². The van der Waals surface area contributed by atoms with Crippen LogP contribution in [0.4, 0.5) is 4.39 Å². The van der Waals surface area contributed by atoms with Crippen LogP contribution in [0.2, 0.25) is 10.1 Å². The summed E-state index contributed by atoms with van der Waals surface area (Å²) >= 11 is 7.02. The van der Waals surface area contributed by atoms with Gasteiger partial charge in [-0.05, 0) is 70.0 Å². The van der Waals surface area contributed by atoms with Crippen LogP contribution in [0.3, 0.4) is 0 Å². The van der Waals surface area contributed by atoms with Gasteiger partial charge in [0, 0.05) is 18.3 Å². The maximum Gasteiger partial charge on any atom is 0.350 e. The van der Waals surface area contributed by atoms with Crippen LogP contribution < -0.4 is 26.4 Å². The Labute approximate surface area is 355 Å². The predicted molar refractivity (Wildman–Crippen MR) is 240 cm³/mol. The van der Waals surface area contributed by atoms with E-state index in [9.17, 15) is 9.59 Å². The van der Waals surface area contributed by atoms with Gasteiger partial charge in [0.25, 0.3) is 13.9 Å². The van der Waals surface area contributed by atoms with Crippen molar-refractivity contribution in [3.8, 4) is 17.1 Å².